The lowest BCUT2D eigenvalue weighted by molar-refractivity contribution is -0.135. The Labute approximate surface area is 126 Å². The zero-order valence-electron chi connectivity index (χ0n) is 12.8. The highest BCUT2D eigenvalue weighted by Crippen LogP contribution is 2.40. The zero-order chi connectivity index (χ0) is 15.7. The van der Waals surface area contributed by atoms with Crippen LogP contribution in [0.25, 0.3) is 0 Å². The van der Waals surface area contributed by atoms with E-state index >= 15 is 0 Å². The average Bonchev–Trinajstić information content (AvgIpc) is 2.35. The van der Waals surface area contributed by atoms with Gasteiger partial charge in [0.05, 0.1) is 10.6 Å². The molecule has 2 rings (SSSR count). The molecule has 1 saturated carbocycles. The lowest BCUT2D eigenvalue weighted by Gasteiger charge is -2.37. The number of carbonyl (C=O) groups excluding carboxylic acids is 1. The van der Waals surface area contributed by atoms with E-state index in [1.807, 2.05) is 13.8 Å². The van der Waals surface area contributed by atoms with E-state index in [2.05, 4.69) is 5.32 Å². The van der Waals surface area contributed by atoms with Gasteiger partial charge in [0, 0.05) is 11.5 Å². The summed E-state index contributed by atoms with van der Waals surface area (Å²) >= 11 is 0. The molecular formula is C16H23NO3S. The molecule has 1 aromatic rings. The summed E-state index contributed by atoms with van der Waals surface area (Å²) in [5.74, 6) is -0.0990. The van der Waals surface area contributed by atoms with Crippen molar-refractivity contribution < 1.29 is 13.2 Å². The lowest BCUT2D eigenvalue weighted by Crippen LogP contribution is -2.48. The minimum absolute atomic E-state index is 0.0274. The van der Waals surface area contributed by atoms with E-state index in [0.29, 0.717) is 4.90 Å². The van der Waals surface area contributed by atoms with Gasteiger partial charge >= 0.3 is 0 Å². The molecule has 1 aromatic carbocycles. The van der Waals surface area contributed by atoms with Gasteiger partial charge in [0.25, 0.3) is 0 Å². The minimum Gasteiger partial charge on any atom is -0.352 e. The third-order valence-electron chi connectivity index (χ3n) is 4.23. The molecule has 0 aromatic heterocycles. The summed E-state index contributed by atoms with van der Waals surface area (Å²) in [6, 6.07) is 6.41. The highest BCUT2D eigenvalue weighted by molar-refractivity contribution is 7.91. The fourth-order valence-electron chi connectivity index (χ4n) is 2.54. The maximum Gasteiger partial charge on any atom is 0.226 e. The molecule has 0 radical (unpaired) electrons. The molecule has 0 aliphatic heterocycles. The van der Waals surface area contributed by atoms with E-state index in [9.17, 15) is 13.2 Å². The Balaban J connectivity index is 1.99. The van der Waals surface area contributed by atoms with Crippen LogP contribution in [0.5, 0.6) is 0 Å². The third kappa shape index (κ3) is 3.64. The molecule has 0 spiro atoms. The Morgan fingerprint density at radius 1 is 1.29 bits per heavy atom. The summed E-state index contributed by atoms with van der Waals surface area (Å²) < 4.78 is 24.6. The van der Waals surface area contributed by atoms with E-state index in [4.69, 9.17) is 0 Å². The van der Waals surface area contributed by atoms with Gasteiger partial charge in [-0.2, -0.15) is 0 Å². The van der Waals surface area contributed by atoms with E-state index < -0.39 is 9.84 Å². The van der Waals surface area contributed by atoms with Crippen molar-refractivity contribution in [3.05, 3.63) is 29.8 Å². The van der Waals surface area contributed by atoms with E-state index in [1.54, 1.807) is 31.2 Å². The third-order valence-corrected chi connectivity index (χ3v) is 6.16. The van der Waals surface area contributed by atoms with E-state index in [0.717, 1.165) is 24.8 Å². The molecule has 1 aliphatic rings. The molecule has 21 heavy (non-hydrogen) atoms. The molecule has 5 heteroatoms. The van der Waals surface area contributed by atoms with Crippen molar-refractivity contribution in [2.45, 2.75) is 51.0 Å². The zero-order valence-corrected chi connectivity index (χ0v) is 13.7. The summed E-state index contributed by atoms with van der Waals surface area (Å²) in [6.45, 7) is 5.59. The summed E-state index contributed by atoms with van der Waals surface area (Å²) in [5, 5.41) is 2.84. The molecule has 4 nitrogen and oxygen atoms in total. The van der Waals surface area contributed by atoms with Gasteiger partial charge in [-0.3, -0.25) is 4.79 Å². The number of sulfone groups is 1. The number of benzene rings is 1. The first-order valence-corrected chi connectivity index (χ1v) is 8.99. The molecule has 1 atom stereocenters. The number of hydrogen-bond donors (Lipinski definition) is 1. The molecule has 1 amide bonds. The van der Waals surface area contributed by atoms with E-state index in [-0.39, 0.29) is 23.1 Å². The van der Waals surface area contributed by atoms with Crippen LogP contribution in [0.3, 0.4) is 0 Å². The first-order chi connectivity index (χ1) is 9.73. The average molecular weight is 309 g/mol. The molecule has 0 bridgehead atoms. The van der Waals surface area contributed by atoms with Gasteiger partial charge in [0.2, 0.25) is 5.91 Å². The maximum atomic E-state index is 12.3. The van der Waals surface area contributed by atoms with Crippen LogP contribution in [0.1, 0.15) is 38.7 Å². The molecule has 1 fully saturated rings. The van der Waals surface area contributed by atoms with Crippen molar-refractivity contribution >= 4 is 15.7 Å². The topological polar surface area (TPSA) is 63.2 Å². The monoisotopic (exact) mass is 309 g/mol. The Hall–Kier alpha value is -1.36. The first-order valence-electron chi connectivity index (χ1n) is 7.33. The predicted molar refractivity (Wildman–Crippen MR) is 82.8 cm³/mol. The van der Waals surface area contributed by atoms with Crippen LogP contribution < -0.4 is 5.32 Å². The molecule has 0 saturated heterocycles. The molecule has 116 valence electrons. The summed E-state index contributed by atoms with van der Waals surface area (Å²) in [7, 11) is -3.37. The van der Waals surface area contributed by atoms with Crippen LogP contribution in [-0.2, 0) is 14.6 Å². The van der Waals surface area contributed by atoms with Crippen LogP contribution in [0, 0.1) is 12.3 Å². The normalized spacial score (nSPS) is 18.6. The fraction of sp³-hybridized carbons (Fsp3) is 0.562. The fourth-order valence-corrected chi connectivity index (χ4v) is 4.03. The number of aryl methyl sites for hydroxylation is 1. The number of hydrogen-bond acceptors (Lipinski definition) is 3. The van der Waals surface area contributed by atoms with Gasteiger partial charge in [-0.25, -0.2) is 8.42 Å². The Morgan fingerprint density at radius 3 is 2.33 bits per heavy atom. The summed E-state index contributed by atoms with van der Waals surface area (Å²) in [6.07, 6.45) is 2.84. The second kappa shape index (κ2) is 5.79. The van der Waals surface area contributed by atoms with Gasteiger partial charge < -0.3 is 5.32 Å². The SMILES string of the molecule is Cc1ccc(S(=O)(=O)CC(C)NC(=O)C2(C)CCC2)cc1. The Morgan fingerprint density at radius 2 is 1.86 bits per heavy atom. The Bertz CT molecular complexity index is 615. The largest absolute Gasteiger partial charge is 0.352 e. The number of amides is 1. The molecular weight excluding hydrogens is 286 g/mol. The number of rotatable bonds is 5. The van der Waals surface area contributed by atoms with Crippen LogP contribution >= 0.6 is 0 Å². The van der Waals surface area contributed by atoms with Crippen LogP contribution in [0.4, 0.5) is 0 Å². The molecule has 1 unspecified atom stereocenters. The highest BCUT2D eigenvalue weighted by atomic mass is 32.2. The maximum absolute atomic E-state index is 12.3. The number of carbonyl (C=O) groups is 1. The highest BCUT2D eigenvalue weighted by Gasteiger charge is 2.39. The van der Waals surface area contributed by atoms with Crippen molar-refractivity contribution in [3.8, 4) is 0 Å². The summed E-state index contributed by atoms with van der Waals surface area (Å²) in [4.78, 5) is 12.4. The molecule has 1 aliphatic carbocycles. The van der Waals surface area contributed by atoms with Crippen molar-refractivity contribution in [1.82, 2.24) is 5.32 Å². The van der Waals surface area contributed by atoms with Crippen molar-refractivity contribution in [3.63, 3.8) is 0 Å². The summed E-state index contributed by atoms with van der Waals surface area (Å²) in [5.41, 5.74) is 0.718. The molecule has 0 heterocycles. The number of nitrogens with one attached hydrogen (secondary N) is 1. The van der Waals surface area contributed by atoms with Crippen molar-refractivity contribution in [2.24, 2.45) is 5.41 Å². The van der Waals surface area contributed by atoms with Gasteiger partial charge in [-0.1, -0.05) is 31.0 Å². The van der Waals surface area contributed by atoms with Crippen molar-refractivity contribution in [1.29, 1.82) is 0 Å². The second-order valence-electron chi connectivity index (χ2n) is 6.38. The van der Waals surface area contributed by atoms with Gasteiger partial charge in [0.1, 0.15) is 0 Å². The Kier molecular flexibility index (Phi) is 4.42. The van der Waals surface area contributed by atoms with Crippen LogP contribution in [-0.4, -0.2) is 26.1 Å². The van der Waals surface area contributed by atoms with Crippen molar-refractivity contribution in [2.75, 3.05) is 5.75 Å². The van der Waals surface area contributed by atoms with Crippen LogP contribution in [0.15, 0.2) is 29.2 Å². The lowest BCUT2D eigenvalue weighted by atomic mass is 9.70. The minimum atomic E-state index is -3.37. The van der Waals surface area contributed by atoms with Gasteiger partial charge in [-0.05, 0) is 38.8 Å². The first kappa shape index (κ1) is 16.0. The van der Waals surface area contributed by atoms with Gasteiger partial charge in [-0.15, -0.1) is 0 Å². The standard InChI is InChI=1S/C16H23NO3S/c1-12-5-7-14(8-6-12)21(19,20)11-13(2)17-15(18)16(3)9-4-10-16/h5-8,13H,4,9-11H2,1-3H3,(H,17,18). The quantitative estimate of drug-likeness (QED) is 0.909. The smallest absolute Gasteiger partial charge is 0.226 e. The second-order valence-corrected chi connectivity index (χ2v) is 8.42. The van der Waals surface area contributed by atoms with Gasteiger partial charge in [0.15, 0.2) is 9.84 Å². The van der Waals surface area contributed by atoms with Crippen LogP contribution in [0.2, 0.25) is 0 Å². The predicted octanol–water partition coefficient (Wildman–Crippen LogP) is 2.46. The van der Waals surface area contributed by atoms with E-state index in [1.165, 1.54) is 0 Å². The molecule has 1 N–H and O–H groups in total.